The molecular weight excluding hydrogens is 513 g/mol. The Kier molecular flexibility index (Phi) is 8.23. The number of piperazine rings is 1. The zero-order chi connectivity index (χ0) is 26.9. The molecule has 3 rings (SSSR count). The molecule has 1 atom stereocenters. The number of halogens is 9. The first-order chi connectivity index (χ1) is 16.6. The SMILES string of the molecule is CC1CN(Cc2ccc(N3CCOCC3)cc2C(F)(F)F)CCN1C(=O)OC(C(F)(F)F)C(F)(F)F. The fourth-order valence-electron chi connectivity index (χ4n) is 4.16. The first-order valence-corrected chi connectivity index (χ1v) is 10.9. The molecule has 2 aliphatic rings. The van der Waals surface area contributed by atoms with E-state index < -0.39 is 42.3 Å². The third-order valence-electron chi connectivity index (χ3n) is 5.93. The molecule has 1 aromatic rings. The summed E-state index contributed by atoms with van der Waals surface area (Å²) in [5.41, 5.74) is -0.504. The molecule has 1 aromatic carbocycles. The van der Waals surface area contributed by atoms with Crippen LogP contribution in [0.4, 0.5) is 50.0 Å². The molecule has 0 radical (unpaired) electrons. The zero-order valence-electron chi connectivity index (χ0n) is 19.0. The molecule has 2 heterocycles. The van der Waals surface area contributed by atoms with Crippen LogP contribution in [0.3, 0.4) is 0 Å². The second-order valence-corrected chi connectivity index (χ2v) is 8.56. The lowest BCUT2D eigenvalue weighted by atomic mass is 10.0. The number of anilines is 1. The Morgan fingerprint density at radius 2 is 1.61 bits per heavy atom. The summed E-state index contributed by atoms with van der Waals surface area (Å²) in [6.45, 7) is 2.35. The highest BCUT2D eigenvalue weighted by Crippen LogP contribution is 2.37. The summed E-state index contributed by atoms with van der Waals surface area (Å²) in [6, 6.07) is 3.04. The molecule has 1 amide bonds. The van der Waals surface area contributed by atoms with Crippen molar-refractivity contribution < 1.29 is 53.8 Å². The lowest BCUT2D eigenvalue weighted by Crippen LogP contribution is -2.56. The molecule has 0 spiro atoms. The quantitative estimate of drug-likeness (QED) is 0.523. The monoisotopic (exact) mass is 537 g/mol. The predicted octanol–water partition coefficient (Wildman–Crippen LogP) is 4.68. The molecule has 0 aromatic heterocycles. The molecule has 0 saturated carbocycles. The number of hydrogen-bond acceptors (Lipinski definition) is 5. The van der Waals surface area contributed by atoms with Gasteiger partial charge in [-0.15, -0.1) is 0 Å². The Labute approximate surface area is 200 Å². The minimum absolute atomic E-state index is 0.0445. The maximum Gasteiger partial charge on any atom is 0.434 e. The highest BCUT2D eigenvalue weighted by molar-refractivity contribution is 5.68. The Morgan fingerprint density at radius 3 is 2.14 bits per heavy atom. The van der Waals surface area contributed by atoms with Crippen LogP contribution in [0.1, 0.15) is 18.1 Å². The van der Waals surface area contributed by atoms with Crippen molar-refractivity contribution in [3.05, 3.63) is 29.3 Å². The summed E-state index contributed by atoms with van der Waals surface area (Å²) in [5.74, 6) is 0. The van der Waals surface area contributed by atoms with E-state index in [2.05, 4.69) is 4.74 Å². The normalized spacial score (nSPS) is 20.7. The topological polar surface area (TPSA) is 45.2 Å². The molecule has 0 bridgehead atoms. The highest BCUT2D eigenvalue weighted by atomic mass is 19.4. The molecule has 2 aliphatic heterocycles. The summed E-state index contributed by atoms with van der Waals surface area (Å²) in [5, 5.41) is 0. The molecule has 0 N–H and O–H groups in total. The van der Waals surface area contributed by atoms with Gasteiger partial charge >= 0.3 is 24.6 Å². The van der Waals surface area contributed by atoms with Crippen molar-refractivity contribution in [2.75, 3.05) is 50.8 Å². The lowest BCUT2D eigenvalue weighted by molar-refractivity contribution is -0.308. The number of amides is 1. The van der Waals surface area contributed by atoms with Crippen LogP contribution in [0.25, 0.3) is 0 Å². The van der Waals surface area contributed by atoms with Gasteiger partial charge in [0, 0.05) is 51.0 Å². The van der Waals surface area contributed by atoms with E-state index in [1.54, 1.807) is 15.9 Å². The minimum Gasteiger partial charge on any atom is -0.426 e. The first-order valence-electron chi connectivity index (χ1n) is 10.9. The third kappa shape index (κ3) is 6.87. The van der Waals surface area contributed by atoms with Crippen molar-refractivity contribution in [1.29, 1.82) is 0 Å². The van der Waals surface area contributed by atoms with Crippen molar-refractivity contribution in [2.45, 2.75) is 44.1 Å². The Hall–Kier alpha value is -2.42. The predicted molar refractivity (Wildman–Crippen MR) is 108 cm³/mol. The number of ether oxygens (including phenoxy) is 2. The van der Waals surface area contributed by atoms with Gasteiger partial charge in [0.15, 0.2) is 0 Å². The van der Waals surface area contributed by atoms with E-state index in [0.29, 0.717) is 36.9 Å². The Bertz CT molecular complexity index is 901. The summed E-state index contributed by atoms with van der Waals surface area (Å²) >= 11 is 0. The van der Waals surface area contributed by atoms with Crippen LogP contribution in [-0.2, 0) is 22.2 Å². The van der Waals surface area contributed by atoms with Crippen molar-refractivity contribution >= 4 is 11.8 Å². The molecule has 2 fully saturated rings. The fourth-order valence-corrected chi connectivity index (χ4v) is 4.16. The van der Waals surface area contributed by atoms with Crippen molar-refractivity contribution in [3.8, 4) is 0 Å². The first kappa shape index (κ1) is 28.2. The second-order valence-electron chi connectivity index (χ2n) is 8.56. The van der Waals surface area contributed by atoms with Crippen LogP contribution in [0.15, 0.2) is 18.2 Å². The molecule has 6 nitrogen and oxygen atoms in total. The maximum absolute atomic E-state index is 13.8. The molecule has 0 aliphatic carbocycles. The second kappa shape index (κ2) is 10.5. The molecule has 36 heavy (non-hydrogen) atoms. The van der Waals surface area contributed by atoms with Crippen molar-refractivity contribution in [3.63, 3.8) is 0 Å². The van der Waals surface area contributed by atoms with Gasteiger partial charge in [-0.25, -0.2) is 4.79 Å². The maximum atomic E-state index is 13.8. The number of nitrogens with zero attached hydrogens (tertiary/aromatic N) is 3. The highest BCUT2D eigenvalue weighted by Gasteiger charge is 2.60. The van der Waals surface area contributed by atoms with Gasteiger partial charge in [0.05, 0.1) is 18.8 Å². The van der Waals surface area contributed by atoms with E-state index in [4.69, 9.17) is 4.74 Å². The Balaban J connectivity index is 1.68. The van der Waals surface area contributed by atoms with Gasteiger partial charge in [0.2, 0.25) is 0 Å². The zero-order valence-corrected chi connectivity index (χ0v) is 19.0. The minimum atomic E-state index is -5.85. The van der Waals surface area contributed by atoms with Crippen LogP contribution in [0.5, 0.6) is 0 Å². The van der Waals surface area contributed by atoms with Crippen LogP contribution < -0.4 is 4.90 Å². The van der Waals surface area contributed by atoms with E-state index in [1.165, 1.54) is 13.0 Å². The summed E-state index contributed by atoms with van der Waals surface area (Å²) in [4.78, 5) is 16.1. The van der Waals surface area contributed by atoms with Crippen molar-refractivity contribution in [1.82, 2.24) is 9.80 Å². The van der Waals surface area contributed by atoms with Crippen LogP contribution in [-0.4, -0.2) is 86.3 Å². The van der Waals surface area contributed by atoms with E-state index in [-0.39, 0.29) is 31.7 Å². The molecule has 2 saturated heterocycles. The van der Waals surface area contributed by atoms with Crippen molar-refractivity contribution in [2.24, 2.45) is 0 Å². The third-order valence-corrected chi connectivity index (χ3v) is 5.93. The molecule has 1 unspecified atom stereocenters. The van der Waals surface area contributed by atoms with Crippen LogP contribution >= 0.6 is 0 Å². The fraction of sp³-hybridized carbons (Fsp3) is 0.667. The number of benzene rings is 1. The van der Waals surface area contributed by atoms with E-state index >= 15 is 0 Å². The number of carbonyl (C=O) groups is 1. The van der Waals surface area contributed by atoms with Gasteiger partial charge in [0.25, 0.3) is 6.10 Å². The number of morpholine rings is 1. The number of carbonyl (C=O) groups excluding carboxylic acids is 1. The van der Waals surface area contributed by atoms with Gasteiger partial charge in [0.1, 0.15) is 0 Å². The van der Waals surface area contributed by atoms with Gasteiger partial charge < -0.3 is 19.3 Å². The summed E-state index contributed by atoms with van der Waals surface area (Å²) in [6.07, 6.45) is -22.4. The summed E-state index contributed by atoms with van der Waals surface area (Å²) < 4.78 is 127. The smallest absolute Gasteiger partial charge is 0.426 e. The largest absolute Gasteiger partial charge is 0.434 e. The Morgan fingerprint density at radius 1 is 1.00 bits per heavy atom. The molecular formula is C21H24F9N3O3. The van der Waals surface area contributed by atoms with E-state index in [1.807, 2.05) is 0 Å². The number of rotatable bonds is 4. The number of alkyl halides is 9. The average Bonchev–Trinajstić information content (AvgIpc) is 2.76. The van der Waals surface area contributed by atoms with E-state index in [9.17, 15) is 44.3 Å². The van der Waals surface area contributed by atoms with Gasteiger partial charge in [-0.3, -0.25) is 4.90 Å². The van der Waals surface area contributed by atoms with Gasteiger partial charge in [-0.1, -0.05) is 6.07 Å². The average molecular weight is 537 g/mol. The van der Waals surface area contributed by atoms with Gasteiger partial charge in [-0.2, -0.15) is 39.5 Å². The van der Waals surface area contributed by atoms with Gasteiger partial charge in [-0.05, 0) is 24.6 Å². The molecule has 204 valence electrons. The number of hydrogen-bond donors (Lipinski definition) is 0. The molecule has 15 heteroatoms. The standard InChI is InChI=1S/C21H24F9N3O3/c1-13-11-31(4-5-33(13)18(34)36-17(20(25,26)27)21(28,29)30)12-14-2-3-15(10-16(14)19(22,23)24)32-6-8-35-9-7-32/h2-3,10,13,17H,4-9,11-12H2,1H3. The summed E-state index contributed by atoms with van der Waals surface area (Å²) in [7, 11) is 0. The van der Waals surface area contributed by atoms with Crippen LogP contribution in [0, 0.1) is 0 Å². The lowest BCUT2D eigenvalue weighted by Gasteiger charge is -2.40. The van der Waals surface area contributed by atoms with E-state index in [0.717, 1.165) is 6.07 Å². The van der Waals surface area contributed by atoms with Crippen LogP contribution in [0.2, 0.25) is 0 Å².